The summed E-state index contributed by atoms with van der Waals surface area (Å²) in [7, 11) is 0. The average molecular weight is 395 g/mol. The number of nitrogens with zero attached hydrogens (tertiary/aromatic N) is 1. The molecule has 0 saturated heterocycles. The summed E-state index contributed by atoms with van der Waals surface area (Å²) in [5, 5.41) is 4.05. The molecule has 1 aromatic rings. The van der Waals surface area contributed by atoms with Crippen molar-refractivity contribution in [3.63, 3.8) is 0 Å². The van der Waals surface area contributed by atoms with Gasteiger partial charge in [0.25, 0.3) is 0 Å². The molecule has 3 N–H and O–H groups in total. The summed E-state index contributed by atoms with van der Waals surface area (Å²) in [6.45, 7) is 3.92. The van der Waals surface area contributed by atoms with Crippen molar-refractivity contribution in [2.75, 3.05) is 0 Å². The number of benzene rings is 1. The van der Waals surface area contributed by atoms with Gasteiger partial charge in [0.2, 0.25) is 0 Å². The highest BCUT2D eigenvalue weighted by Crippen LogP contribution is 2.32. The number of hydrogen-bond donors (Lipinski definition) is 2. The smallest absolute Gasteiger partial charge is 0.184 e. The molecule has 0 saturated carbocycles. The monoisotopic (exact) mass is 393 g/mol. The van der Waals surface area contributed by atoms with E-state index in [1.54, 1.807) is 6.21 Å². The molecule has 1 rings (SSSR count). The molecule has 0 amide bonds. The number of hydrogen-bond acceptors (Lipinski definition) is 3. The molecule has 0 heterocycles. The van der Waals surface area contributed by atoms with Gasteiger partial charge in [-0.05, 0) is 54.1 Å². The zero-order chi connectivity index (χ0) is 13.7. The molecule has 0 bridgehead atoms. The first-order valence-corrected chi connectivity index (χ1v) is 7.13. The predicted molar refractivity (Wildman–Crippen MR) is 85.1 cm³/mol. The van der Waals surface area contributed by atoms with Crippen LogP contribution in [0.2, 0.25) is 0 Å². The largest absolute Gasteiger partial charge is 0.489 e. The van der Waals surface area contributed by atoms with Crippen LogP contribution in [0.15, 0.2) is 26.2 Å². The molecular weight excluding hydrogens is 382 g/mol. The van der Waals surface area contributed by atoms with E-state index in [0.29, 0.717) is 0 Å². The first-order valence-electron chi connectivity index (χ1n) is 5.14. The molecule has 0 aliphatic heterocycles. The van der Waals surface area contributed by atoms with Gasteiger partial charge in [-0.1, -0.05) is 15.9 Å². The van der Waals surface area contributed by atoms with Crippen LogP contribution in [0.1, 0.15) is 19.4 Å². The van der Waals surface area contributed by atoms with Gasteiger partial charge in [0.15, 0.2) is 5.11 Å². The Morgan fingerprint density at radius 2 is 2.17 bits per heavy atom. The molecular formula is C11H13Br2N3OS. The summed E-state index contributed by atoms with van der Waals surface area (Å²) in [6, 6.07) is 3.81. The third-order valence-electron chi connectivity index (χ3n) is 1.77. The van der Waals surface area contributed by atoms with E-state index < -0.39 is 0 Å². The molecule has 1 aromatic carbocycles. The van der Waals surface area contributed by atoms with Crippen LogP contribution < -0.4 is 15.9 Å². The molecule has 0 aromatic heterocycles. The minimum absolute atomic E-state index is 0.0677. The molecule has 0 radical (unpaired) electrons. The van der Waals surface area contributed by atoms with E-state index in [4.69, 9.17) is 10.5 Å². The molecule has 0 fully saturated rings. The van der Waals surface area contributed by atoms with Crippen molar-refractivity contribution in [3.05, 3.63) is 26.6 Å². The standard InChI is InChI=1S/C11H13Br2N3OS/c1-6(2)17-10-7(5-15-16-11(14)18)3-8(12)4-9(10)13/h3-6H,1-2H3,(H3,14,16,18)/b15-5+. The van der Waals surface area contributed by atoms with E-state index in [1.807, 2.05) is 26.0 Å². The Hall–Kier alpha value is -0.660. The summed E-state index contributed by atoms with van der Waals surface area (Å²) >= 11 is 11.5. The van der Waals surface area contributed by atoms with Crippen LogP contribution in [0.3, 0.4) is 0 Å². The van der Waals surface area contributed by atoms with Gasteiger partial charge in [-0.25, -0.2) is 0 Å². The molecule has 0 aliphatic rings. The molecule has 4 nitrogen and oxygen atoms in total. The highest BCUT2D eigenvalue weighted by atomic mass is 79.9. The Kier molecular flexibility index (Phi) is 6.04. The fourth-order valence-corrected chi connectivity index (χ4v) is 2.61. The van der Waals surface area contributed by atoms with Gasteiger partial charge in [0, 0.05) is 10.0 Å². The maximum atomic E-state index is 5.74. The van der Waals surface area contributed by atoms with E-state index in [0.717, 1.165) is 20.3 Å². The Balaban J connectivity index is 3.06. The molecule has 0 atom stereocenters. The number of hydrazone groups is 1. The molecule has 0 unspecified atom stereocenters. The lowest BCUT2D eigenvalue weighted by Crippen LogP contribution is -2.24. The summed E-state index contributed by atoms with van der Waals surface area (Å²) in [4.78, 5) is 0. The summed E-state index contributed by atoms with van der Waals surface area (Å²) in [5.41, 5.74) is 8.61. The van der Waals surface area contributed by atoms with Gasteiger partial charge >= 0.3 is 0 Å². The van der Waals surface area contributed by atoms with Crippen LogP contribution in [0.5, 0.6) is 5.75 Å². The van der Waals surface area contributed by atoms with Crippen molar-refractivity contribution in [2.45, 2.75) is 20.0 Å². The summed E-state index contributed by atoms with van der Waals surface area (Å²) < 4.78 is 7.51. The number of nitrogens with one attached hydrogen (secondary N) is 1. The topological polar surface area (TPSA) is 59.6 Å². The highest BCUT2D eigenvalue weighted by molar-refractivity contribution is 9.11. The van der Waals surface area contributed by atoms with E-state index in [2.05, 4.69) is 54.6 Å². The lowest BCUT2D eigenvalue weighted by atomic mass is 10.2. The molecule has 7 heteroatoms. The maximum Gasteiger partial charge on any atom is 0.184 e. The normalized spacial score (nSPS) is 10.9. The Labute approximate surface area is 128 Å². The summed E-state index contributed by atoms with van der Waals surface area (Å²) in [6.07, 6.45) is 1.67. The van der Waals surface area contributed by atoms with Crippen molar-refractivity contribution in [2.24, 2.45) is 10.8 Å². The minimum Gasteiger partial charge on any atom is -0.489 e. The van der Waals surface area contributed by atoms with Crippen LogP contribution in [0, 0.1) is 0 Å². The van der Waals surface area contributed by atoms with Crippen molar-refractivity contribution in [1.29, 1.82) is 0 Å². The van der Waals surface area contributed by atoms with Gasteiger partial charge in [-0.2, -0.15) is 5.10 Å². The third kappa shape index (κ3) is 4.91. The van der Waals surface area contributed by atoms with Crippen LogP contribution in [0.4, 0.5) is 0 Å². The minimum atomic E-state index is 0.0677. The number of ether oxygens (including phenoxy) is 1. The van der Waals surface area contributed by atoms with Gasteiger partial charge in [0.1, 0.15) is 5.75 Å². The van der Waals surface area contributed by atoms with E-state index >= 15 is 0 Å². The molecule has 0 aliphatic carbocycles. The van der Waals surface area contributed by atoms with Crippen LogP contribution >= 0.6 is 44.1 Å². The molecule has 18 heavy (non-hydrogen) atoms. The number of halogens is 2. The Morgan fingerprint density at radius 1 is 1.50 bits per heavy atom. The van der Waals surface area contributed by atoms with Gasteiger partial charge in [-0.3, -0.25) is 5.43 Å². The number of rotatable bonds is 4. The second-order valence-corrected chi connectivity index (χ2v) is 5.92. The average Bonchev–Trinajstić information content (AvgIpc) is 2.22. The zero-order valence-corrected chi connectivity index (χ0v) is 13.9. The lowest BCUT2D eigenvalue weighted by molar-refractivity contribution is 0.240. The maximum absolute atomic E-state index is 5.74. The first kappa shape index (κ1) is 15.4. The van der Waals surface area contributed by atoms with Crippen LogP contribution in [0.25, 0.3) is 0 Å². The Bertz CT molecular complexity index is 478. The second-order valence-electron chi connectivity index (χ2n) is 3.71. The second kappa shape index (κ2) is 7.06. The summed E-state index contributed by atoms with van der Waals surface area (Å²) in [5.74, 6) is 0.724. The number of thiocarbonyl (C=S) groups is 1. The van der Waals surface area contributed by atoms with Crippen LogP contribution in [-0.4, -0.2) is 17.4 Å². The fraction of sp³-hybridized carbons (Fsp3) is 0.273. The van der Waals surface area contributed by atoms with Crippen molar-refractivity contribution < 1.29 is 4.74 Å². The third-order valence-corrected chi connectivity index (χ3v) is 2.91. The number of nitrogens with two attached hydrogens (primary N) is 1. The predicted octanol–water partition coefficient (Wildman–Crippen LogP) is 3.17. The van der Waals surface area contributed by atoms with Crippen LogP contribution in [-0.2, 0) is 0 Å². The SMILES string of the molecule is CC(C)Oc1c(Br)cc(Br)cc1/C=N/NC(N)=S. The van der Waals surface area contributed by atoms with Gasteiger partial charge in [-0.15, -0.1) is 0 Å². The quantitative estimate of drug-likeness (QED) is 0.467. The van der Waals surface area contributed by atoms with E-state index in [9.17, 15) is 0 Å². The molecule has 0 spiro atoms. The lowest BCUT2D eigenvalue weighted by Gasteiger charge is -2.14. The van der Waals surface area contributed by atoms with Gasteiger partial charge in [0.05, 0.1) is 16.8 Å². The van der Waals surface area contributed by atoms with Crippen molar-refractivity contribution in [3.8, 4) is 5.75 Å². The first-order chi connectivity index (χ1) is 8.40. The van der Waals surface area contributed by atoms with E-state index in [-0.39, 0.29) is 11.2 Å². The fourth-order valence-electron chi connectivity index (χ4n) is 1.20. The van der Waals surface area contributed by atoms with E-state index in [1.165, 1.54) is 0 Å². The Morgan fingerprint density at radius 3 is 2.72 bits per heavy atom. The molecule has 98 valence electrons. The highest BCUT2D eigenvalue weighted by Gasteiger charge is 2.10. The van der Waals surface area contributed by atoms with Gasteiger partial charge < -0.3 is 10.5 Å². The van der Waals surface area contributed by atoms with Crippen molar-refractivity contribution >= 4 is 55.4 Å². The van der Waals surface area contributed by atoms with Crippen molar-refractivity contribution in [1.82, 2.24) is 5.43 Å². The zero-order valence-electron chi connectivity index (χ0n) is 9.91.